The van der Waals surface area contributed by atoms with Gasteiger partial charge in [-0.1, -0.05) is 0 Å². The molecule has 0 aliphatic heterocycles. The van der Waals surface area contributed by atoms with Crippen LogP contribution in [0.4, 0.5) is 4.79 Å². The first-order valence-corrected chi connectivity index (χ1v) is 7.20. The molecule has 20 heavy (non-hydrogen) atoms. The van der Waals surface area contributed by atoms with Gasteiger partial charge in [-0.3, -0.25) is 0 Å². The van der Waals surface area contributed by atoms with Crippen molar-refractivity contribution in [3.05, 3.63) is 24.0 Å². The molecule has 5 nitrogen and oxygen atoms in total. The van der Waals surface area contributed by atoms with E-state index in [0.717, 1.165) is 12.8 Å². The highest BCUT2D eigenvalue weighted by molar-refractivity contribution is 5.74. The van der Waals surface area contributed by atoms with Crippen molar-refractivity contribution in [3.8, 4) is 0 Å². The third-order valence-electron chi connectivity index (χ3n) is 3.48. The minimum atomic E-state index is -0.375. The largest absolute Gasteiger partial charge is 0.393 e. The number of aliphatic hydroxyl groups excluding tert-OH is 1. The molecule has 2 unspecified atom stereocenters. The van der Waals surface area contributed by atoms with Crippen LogP contribution in [0, 0.1) is 0 Å². The number of aromatic nitrogens is 1. The topological polar surface area (TPSA) is 57.5 Å². The van der Waals surface area contributed by atoms with E-state index in [0.29, 0.717) is 13.0 Å². The summed E-state index contributed by atoms with van der Waals surface area (Å²) in [7, 11) is 3.78. The molecule has 1 rings (SSSR count). The molecule has 0 aromatic carbocycles. The van der Waals surface area contributed by atoms with E-state index in [2.05, 4.69) is 16.0 Å². The molecular weight excluding hydrogens is 254 g/mol. The van der Waals surface area contributed by atoms with Crippen LogP contribution in [0.3, 0.4) is 0 Å². The highest BCUT2D eigenvalue weighted by Crippen LogP contribution is 2.06. The molecule has 0 bridgehead atoms. The van der Waals surface area contributed by atoms with E-state index < -0.39 is 0 Å². The molecule has 2 amide bonds. The SMILES string of the molecule is CC(O)CCN(C)C(=O)NC(C)CCc1cccn1C. The number of amides is 2. The number of carbonyl (C=O) groups is 1. The van der Waals surface area contributed by atoms with Crippen molar-refractivity contribution >= 4 is 6.03 Å². The van der Waals surface area contributed by atoms with Crippen LogP contribution < -0.4 is 5.32 Å². The zero-order valence-electron chi connectivity index (χ0n) is 13.0. The first-order chi connectivity index (χ1) is 9.40. The molecule has 0 aliphatic rings. The molecule has 1 aromatic rings. The molecule has 0 saturated heterocycles. The lowest BCUT2D eigenvalue weighted by Gasteiger charge is -2.22. The van der Waals surface area contributed by atoms with Crippen LogP contribution in [0.2, 0.25) is 0 Å². The third kappa shape index (κ3) is 5.65. The van der Waals surface area contributed by atoms with Gasteiger partial charge in [-0.15, -0.1) is 0 Å². The number of hydrogen-bond donors (Lipinski definition) is 2. The van der Waals surface area contributed by atoms with E-state index in [4.69, 9.17) is 0 Å². The second-order valence-electron chi connectivity index (χ2n) is 5.56. The van der Waals surface area contributed by atoms with Crippen molar-refractivity contribution in [3.63, 3.8) is 0 Å². The average molecular weight is 281 g/mol. The molecule has 0 spiro atoms. The fraction of sp³-hybridized carbons (Fsp3) is 0.667. The van der Waals surface area contributed by atoms with Crippen molar-refractivity contribution in [1.29, 1.82) is 0 Å². The minimum Gasteiger partial charge on any atom is -0.393 e. The van der Waals surface area contributed by atoms with E-state index in [1.807, 2.05) is 26.2 Å². The Morgan fingerprint density at radius 1 is 1.45 bits per heavy atom. The Kier molecular flexibility index (Phi) is 6.58. The van der Waals surface area contributed by atoms with Gasteiger partial charge in [-0.25, -0.2) is 4.79 Å². The van der Waals surface area contributed by atoms with Crippen molar-refractivity contribution in [1.82, 2.24) is 14.8 Å². The van der Waals surface area contributed by atoms with Gasteiger partial charge in [0, 0.05) is 38.6 Å². The van der Waals surface area contributed by atoms with Crippen molar-refractivity contribution in [2.24, 2.45) is 7.05 Å². The lowest BCUT2D eigenvalue weighted by molar-refractivity contribution is 0.162. The summed E-state index contributed by atoms with van der Waals surface area (Å²) >= 11 is 0. The Bertz CT molecular complexity index is 415. The van der Waals surface area contributed by atoms with Gasteiger partial charge in [0.05, 0.1) is 6.10 Å². The number of urea groups is 1. The fourth-order valence-corrected chi connectivity index (χ4v) is 2.00. The molecule has 0 aliphatic carbocycles. The van der Waals surface area contributed by atoms with E-state index in [1.165, 1.54) is 5.69 Å². The van der Waals surface area contributed by atoms with Gasteiger partial charge in [0.25, 0.3) is 0 Å². The zero-order chi connectivity index (χ0) is 15.1. The van der Waals surface area contributed by atoms with Gasteiger partial charge >= 0.3 is 6.03 Å². The van der Waals surface area contributed by atoms with E-state index >= 15 is 0 Å². The monoisotopic (exact) mass is 281 g/mol. The van der Waals surface area contributed by atoms with Crippen molar-refractivity contribution in [2.45, 2.75) is 45.3 Å². The van der Waals surface area contributed by atoms with E-state index in [-0.39, 0.29) is 18.2 Å². The van der Waals surface area contributed by atoms with Gasteiger partial charge in [0.2, 0.25) is 0 Å². The predicted molar refractivity (Wildman–Crippen MR) is 80.7 cm³/mol. The predicted octanol–water partition coefficient (Wildman–Crippen LogP) is 1.76. The van der Waals surface area contributed by atoms with Crippen LogP contribution in [0.5, 0.6) is 0 Å². The van der Waals surface area contributed by atoms with Crippen LogP contribution in [0.25, 0.3) is 0 Å². The van der Waals surface area contributed by atoms with Crippen LogP contribution in [-0.2, 0) is 13.5 Å². The number of aryl methyl sites for hydroxylation is 2. The number of carbonyl (C=O) groups excluding carboxylic acids is 1. The Morgan fingerprint density at radius 2 is 2.15 bits per heavy atom. The number of rotatable bonds is 7. The molecule has 2 N–H and O–H groups in total. The van der Waals surface area contributed by atoms with Crippen LogP contribution in [0.1, 0.15) is 32.4 Å². The Morgan fingerprint density at radius 3 is 2.70 bits per heavy atom. The average Bonchev–Trinajstić information content (AvgIpc) is 2.78. The summed E-state index contributed by atoms with van der Waals surface area (Å²) in [4.78, 5) is 13.5. The van der Waals surface area contributed by atoms with Crippen molar-refractivity contribution in [2.75, 3.05) is 13.6 Å². The van der Waals surface area contributed by atoms with Gasteiger partial charge in [-0.2, -0.15) is 0 Å². The second-order valence-corrected chi connectivity index (χ2v) is 5.56. The molecule has 1 aromatic heterocycles. The Balaban J connectivity index is 2.29. The number of hydrogen-bond acceptors (Lipinski definition) is 2. The maximum Gasteiger partial charge on any atom is 0.317 e. The highest BCUT2D eigenvalue weighted by Gasteiger charge is 2.12. The standard InChI is InChI=1S/C15H27N3O2/c1-12(7-8-14-6-5-10-17(14)3)16-15(20)18(4)11-9-13(2)19/h5-6,10,12-13,19H,7-9,11H2,1-4H3,(H,16,20). The number of nitrogens with one attached hydrogen (secondary N) is 1. The number of nitrogens with zero attached hydrogens (tertiary/aromatic N) is 2. The molecule has 114 valence electrons. The molecule has 5 heteroatoms. The van der Waals surface area contributed by atoms with E-state index in [9.17, 15) is 9.90 Å². The third-order valence-corrected chi connectivity index (χ3v) is 3.48. The van der Waals surface area contributed by atoms with Gasteiger partial charge in [-0.05, 0) is 45.2 Å². The first kappa shape index (κ1) is 16.6. The van der Waals surface area contributed by atoms with Crippen LogP contribution in [-0.4, -0.2) is 46.3 Å². The molecule has 0 saturated carbocycles. The fourth-order valence-electron chi connectivity index (χ4n) is 2.00. The summed E-state index contributed by atoms with van der Waals surface area (Å²) in [5.74, 6) is 0. The molecular formula is C15H27N3O2. The quantitative estimate of drug-likeness (QED) is 0.800. The van der Waals surface area contributed by atoms with Crippen LogP contribution in [0.15, 0.2) is 18.3 Å². The highest BCUT2D eigenvalue weighted by atomic mass is 16.3. The number of aliphatic hydroxyl groups is 1. The molecule has 2 atom stereocenters. The maximum atomic E-state index is 11.9. The molecule has 1 heterocycles. The summed E-state index contributed by atoms with van der Waals surface area (Å²) < 4.78 is 2.10. The Hall–Kier alpha value is -1.49. The normalized spacial score (nSPS) is 13.8. The zero-order valence-corrected chi connectivity index (χ0v) is 13.0. The molecule has 0 fully saturated rings. The van der Waals surface area contributed by atoms with Gasteiger partial charge in [0.15, 0.2) is 0 Å². The van der Waals surface area contributed by atoms with Crippen molar-refractivity contribution < 1.29 is 9.90 Å². The first-order valence-electron chi connectivity index (χ1n) is 7.20. The van der Waals surface area contributed by atoms with Gasteiger partial charge in [0.1, 0.15) is 0 Å². The smallest absolute Gasteiger partial charge is 0.317 e. The summed E-state index contributed by atoms with van der Waals surface area (Å²) in [6.07, 6.45) is 4.11. The minimum absolute atomic E-state index is 0.0787. The lowest BCUT2D eigenvalue weighted by atomic mass is 10.1. The summed E-state index contributed by atoms with van der Waals surface area (Å²) in [5, 5.41) is 12.2. The molecule has 0 radical (unpaired) electrons. The summed E-state index contributed by atoms with van der Waals surface area (Å²) in [6, 6.07) is 4.18. The van der Waals surface area contributed by atoms with E-state index in [1.54, 1.807) is 18.9 Å². The van der Waals surface area contributed by atoms with Gasteiger partial charge < -0.3 is 19.9 Å². The summed E-state index contributed by atoms with van der Waals surface area (Å²) in [6.45, 7) is 4.31. The Labute approximate surface area is 121 Å². The summed E-state index contributed by atoms with van der Waals surface area (Å²) in [5.41, 5.74) is 1.27. The van der Waals surface area contributed by atoms with Crippen LogP contribution >= 0.6 is 0 Å². The maximum absolute atomic E-state index is 11.9. The second kappa shape index (κ2) is 7.94. The lowest BCUT2D eigenvalue weighted by Crippen LogP contribution is -2.42.